The van der Waals surface area contributed by atoms with E-state index in [2.05, 4.69) is 10.3 Å². The van der Waals surface area contributed by atoms with E-state index in [1.807, 2.05) is 43.3 Å². The first kappa shape index (κ1) is 17.8. The minimum absolute atomic E-state index is 0.135. The number of hydrogen-bond acceptors (Lipinski definition) is 6. The van der Waals surface area contributed by atoms with E-state index in [0.29, 0.717) is 23.7 Å². The second-order valence-electron chi connectivity index (χ2n) is 6.26. The summed E-state index contributed by atoms with van der Waals surface area (Å²) < 4.78 is 11.4. The van der Waals surface area contributed by atoms with Gasteiger partial charge < -0.3 is 19.7 Å². The molecule has 1 unspecified atom stereocenters. The third-order valence-electron chi connectivity index (χ3n) is 3.82. The lowest BCUT2D eigenvalue weighted by molar-refractivity contribution is 0.0682. The summed E-state index contributed by atoms with van der Waals surface area (Å²) in [5, 5.41) is 5.59. The zero-order valence-corrected chi connectivity index (χ0v) is 15.3. The monoisotopic (exact) mass is 361 g/mol. The van der Waals surface area contributed by atoms with Gasteiger partial charge in [-0.25, -0.2) is 4.98 Å². The number of carbonyl (C=O) groups is 1. The molecule has 25 heavy (non-hydrogen) atoms. The molecule has 0 spiro atoms. The molecule has 1 aliphatic rings. The predicted molar refractivity (Wildman–Crippen MR) is 98.4 cm³/mol. The van der Waals surface area contributed by atoms with Crippen molar-refractivity contribution in [3.8, 4) is 5.75 Å². The van der Waals surface area contributed by atoms with Crippen molar-refractivity contribution in [2.45, 2.75) is 25.5 Å². The molecule has 2 aromatic rings. The highest BCUT2D eigenvalue weighted by molar-refractivity contribution is 7.09. The van der Waals surface area contributed by atoms with E-state index in [0.717, 1.165) is 31.0 Å². The number of rotatable bonds is 7. The van der Waals surface area contributed by atoms with Crippen LogP contribution in [0.1, 0.15) is 28.3 Å². The van der Waals surface area contributed by atoms with Crippen molar-refractivity contribution in [1.29, 1.82) is 0 Å². The van der Waals surface area contributed by atoms with Crippen LogP contribution < -0.4 is 10.1 Å². The number of aromatic nitrogens is 1. The first-order chi connectivity index (χ1) is 12.1. The summed E-state index contributed by atoms with van der Waals surface area (Å²) in [5.41, 5.74) is 1.07. The number of nitrogens with zero attached hydrogens (tertiary/aromatic N) is 2. The second-order valence-corrected chi connectivity index (χ2v) is 7.20. The summed E-state index contributed by atoms with van der Waals surface area (Å²) in [5.74, 6) is 0.421. The highest BCUT2D eigenvalue weighted by Gasteiger charge is 2.18. The van der Waals surface area contributed by atoms with Crippen molar-refractivity contribution < 1.29 is 14.3 Å². The number of amides is 1. The Morgan fingerprint density at radius 1 is 1.44 bits per heavy atom. The van der Waals surface area contributed by atoms with Crippen LogP contribution in [0.15, 0.2) is 29.6 Å². The van der Waals surface area contributed by atoms with Crippen LogP contribution in [0.25, 0.3) is 0 Å². The van der Waals surface area contributed by atoms with Crippen LogP contribution in [0.4, 0.5) is 5.69 Å². The number of para-hydroxylation sites is 2. The summed E-state index contributed by atoms with van der Waals surface area (Å²) in [7, 11) is 3.95. The maximum atomic E-state index is 12.5. The van der Waals surface area contributed by atoms with Gasteiger partial charge in [0, 0.05) is 18.5 Å². The molecule has 0 saturated carbocycles. The van der Waals surface area contributed by atoms with Crippen LogP contribution in [-0.2, 0) is 11.3 Å². The van der Waals surface area contributed by atoms with Crippen LogP contribution in [-0.4, -0.2) is 49.2 Å². The van der Waals surface area contributed by atoms with Gasteiger partial charge in [-0.1, -0.05) is 12.1 Å². The molecule has 1 fully saturated rings. The number of carbonyl (C=O) groups excluding carboxylic acids is 1. The quantitative estimate of drug-likeness (QED) is 0.821. The Kier molecular flexibility index (Phi) is 6.01. The molecule has 134 valence electrons. The average Bonchev–Trinajstić information content (AvgIpc) is 3.25. The first-order valence-corrected chi connectivity index (χ1v) is 9.23. The molecule has 0 radical (unpaired) electrons. The van der Waals surface area contributed by atoms with E-state index in [1.54, 1.807) is 5.38 Å². The van der Waals surface area contributed by atoms with Gasteiger partial charge in [0.15, 0.2) is 0 Å². The van der Waals surface area contributed by atoms with Gasteiger partial charge in [-0.3, -0.25) is 4.79 Å². The lowest BCUT2D eigenvalue weighted by Crippen LogP contribution is -2.18. The van der Waals surface area contributed by atoms with Crippen LogP contribution >= 0.6 is 11.3 Å². The fourth-order valence-corrected chi connectivity index (χ4v) is 3.49. The molecule has 0 aliphatic carbocycles. The van der Waals surface area contributed by atoms with Crippen molar-refractivity contribution in [3.63, 3.8) is 0 Å². The molecule has 1 aromatic heterocycles. The fraction of sp³-hybridized carbons (Fsp3) is 0.444. The number of benzene rings is 1. The largest absolute Gasteiger partial charge is 0.489 e. The molecule has 0 bridgehead atoms. The normalized spacial score (nSPS) is 17.0. The molecular weight excluding hydrogens is 338 g/mol. The SMILES string of the molecule is CN(C)Cc1nc(C(=O)Nc2ccccc2OCC2CCCO2)cs1. The molecule has 2 heterocycles. The standard InChI is InChI=1S/C18H23N3O3S/c1-21(2)10-17-19-15(12-25-17)18(22)20-14-7-3-4-8-16(14)24-11-13-6-5-9-23-13/h3-4,7-8,12-13H,5-6,9-11H2,1-2H3,(H,20,22). The molecule has 3 rings (SSSR count). The summed E-state index contributed by atoms with van der Waals surface area (Å²) in [6, 6.07) is 7.44. The maximum absolute atomic E-state index is 12.5. The van der Waals surface area contributed by atoms with Gasteiger partial charge in [0.25, 0.3) is 5.91 Å². The third-order valence-corrected chi connectivity index (χ3v) is 4.65. The van der Waals surface area contributed by atoms with E-state index < -0.39 is 0 Å². The van der Waals surface area contributed by atoms with Crippen LogP contribution in [0.2, 0.25) is 0 Å². The van der Waals surface area contributed by atoms with Gasteiger partial charge in [-0.05, 0) is 39.1 Å². The van der Waals surface area contributed by atoms with E-state index in [9.17, 15) is 4.79 Å². The molecule has 7 heteroatoms. The molecule has 1 amide bonds. The van der Waals surface area contributed by atoms with E-state index in [1.165, 1.54) is 11.3 Å². The summed E-state index contributed by atoms with van der Waals surface area (Å²) in [4.78, 5) is 18.9. The van der Waals surface area contributed by atoms with Crippen LogP contribution in [0.3, 0.4) is 0 Å². The highest BCUT2D eigenvalue weighted by atomic mass is 32.1. The van der Waals surface area contributed by atoms with Crippen molar-refractivity contribution >= 4 is 22.9 Å². The number of nitrogens with one attached hydrogen (secondary N) is 1. The van der Waals surface area contributed by atoms with Gasteiger partial charge in [-0.2, -0.15) is 0 Å². The predicted octanol–water partition coefficient (Wildman–Crippen LogP) is 3.01. The molecule has 1 aliphatic heterocycles. The molecule has 1 aromatic carbocycles. The van der Waals surface area contributed by atoms with Gasteiger partial charge >= 0.3 is 0 Å². The van der Waals surface area contributed by atoms with E-state index in [4.69, 9.17) is 9.47 Å². The average molecular weight is 361 g/mol. The minimum atomic E-state index is -0.227. The lowest BCUT2D eigenvalue weighted by atomic mass is 10.2. The molecule has 6 nitrogen and oxygen atoms in total. The topological polar surface area (TPSA) is 63.7 Å². The second kappa shape index (κ2) is 8.42. The smallest absolute Gasteiger partial charge is 0.275 e. The number of hydrogen-bond donors (Lipinski definition) is 1. The van der Waals surface area contributed by atoms with Gasteiger partial charge in [0.05, 0.1) is 11.8 Å². The van der Waals surface area contributed by atoms with E-state index in [-0.39, 0.29) is 12.0 Å². The number of anilines is 1. The highest BCUT2D eigenvalue weighted by Crippen LogP contribution is 2.26. The Hall–Kier alpha value is -1.96. The Labute approximate surface area is 151 Å². The molecule has 1 N–H and O–H groups in total. The summed E-state index contributed by atoms with van der Waals surface area (Å²) in [6.07, 6.45) is 2.23. The number of ether oxygens (including phenoxy) is 2. The van der Waals surface area contributed by atoms with Crippen LogP contribution in [0, 0.1) is 0 Å². The molecular formula is C18H23N3O3S. The molecule has 1 saturated heterocycles. The minimum Gasteiger partial charge on any atom is -0.489 e. The van der Waals surface area contributed by atoms with Crippen molar-refractivity contribution in [2.24, 2.45) is 0 Å². The zero-order valence-electron chi connectivity index (χ0n) is 14.5. The van der Waals surface area contributed by atoms with E-state index >= 15 is 0 Å². The lowest BCUT2D eigenvalue weighted by Gasteiger charge is -2.14. The van der Waals surface area contributed by atoms with Crippen molar-refractivity contribution in [2.75, 3.05) is 32.6 Å². The fourth-order valence-electron chi connectivity index (χ4n) is 2.60. The Morgan fingerprint density at radius 2 is 2.28 bits per heavy atom. The Morgan fingerprint density at radius 3 is 3.04 bits per heavy atom. The zero-order chi connectivity index (χ0) is 17.6. The Bertz CT molecular complexity index is 711. The summed E-state index contributed by atoms with van der Waals surface area (Å²) >= 11 is 1.49. The van der Waals surface area contributed by atoms with Gasteiger partial charge in [-0.15, -0.1) is 11.3 Å². The van der Waals surface area contributed by atoms with Gasteiger partial charge in [0.1, 0.15) is 23.1 Å². The number of thiazole rings is 1. The first-order valence-electron chi connectivity index (χ1n) is 8.36. The van der Waals surface area contributed by atoms with Crippen molar-refractivity contribution in [3.05, 3.63) is 40.3 Å². The summed E-state index contributed by atoms with van der Waals surface area (Å²) in [6.45, 7) is 2.01. The molecule has 1 atom stereocenters. The van der Waals surface area contributed by atoms with Crippen molar-refractivity contribution in [1.82, 2.24) is 9.88 Å². The third kappa shape index (κ3) is 5.01. The Balaban J connectivity index is 1.63. The van der Waals surface area contributed by atoms with Gasteiger partial charge in [0.2, 0.25) is 0 Å². The van der Waals surface area contributed by atoms with Crippen LogP contribution in [0.5, 0.6) is 5.75 Å². The maximum Gasteiger partial charge on any atom is 0.275 e.